The molecule has 1 amide bonds. The number of benzene rings is 2. The van der Waals surface area contributed by atoms with Gasteiger partial charge in [-0.3, -0.25) is 29.8 Å². The Hall–Kier alpha value is -4.48. The van der Waals surface area contributed by atoms with E-state index in [1.165, 1.54) is 24.3 Å². The molecular weight excluding hydrogens is 401 g/mol. The first kappa shape index (κ1) is 20.3. The van der Waals surface area contributed by atoms with Crippen LogP contribution in [0.3, 0.4) is 0 Å². The minimum absolute atomic E-state index is 0.0315. The molecule has 0 fully saturated rings. The van der Waals surface area contributed by atoms with E-state index in [1.807, 2.05) is 0 Å². The second-order valence-corrected chi connectivity index (χ2v) is 5.99. The zero-order valence-corrected chi connectivity index (χ0v) is 15.0. The number of rotatable bonds is 6. The van der Waals surface area contributed by atoms with Crippen LogP contribution in [0.4, 0.5) is 21.5 Å². The number of hydrogen-bond donors (Lipinski definition) is 1. The number of amides is 1. The molecule has 30 heavy (non-hydrogen) atoms. The van der Waals surface area contributed by atoms with Gasteiger partial charge in [-0.1, -0.05) is 12.1 Å². The summed E-state index contributed by atoms with van der Waals surface area (Å²) in [6.45, 7) is -0.535. The molecule has 3 rings (SSSR count). The van der Waals surface area contributed by atoms with Gasteiger partial charge < -0.3 is 5.32 Å². The lowest BCUT2D eigenvalue weighted by Crippen LogP contribution is -2.29. The summed E-state index contributed by atoms with van der Waals surface area (Å²) < 4.78 is 14.2. The highest BCUT2D eigenvalue weighted by Gasteiger charge is 2.16. The molecule has 12 heteroatoms. The van der Waals surface area contributed by atoms with Gasteiger partial charge in [0.15, 0.2) is 0 Å². The first-order chi connectivity index (χ1) is 14.2. The monoisotopic (exact) mass is 413 g/mol. The lowest BCUT2D eigenvalue weighted by Gasteiger charge is -2.08. The first-order valence-electron chi connectivity index (χ1n) is 8.31. The molecule has 0 aliphatic rings. The van der Waals surface area contributed by atoms with E-state index < -0.39 is 39.4 Å². The number of nitro benzene ring substituents is 2. The summed E-state index contributed by atoms with van der Waals surface area (Å²) in [5.74, 6) is -1.79. The molecule has 0 spiro atoms. The third kappa shape index (κ3) is 4.49. The smallest absolute Gasteiger partial charge is 0.306 e. The van der Waals surface area contributed by atoms with Gasteiger partial charge in [0, 0.05) is 35.5 Å². The summed E-state index contributed by atoms with van der Waals surface area (Å²) in [6, 6.07) is 10.9. The highest BCUT2D eigenvalue weighted by Crippen LogP contribution is 2.22. The van der Waals surface area contributed by atoms with Crippen molar-refractivity contribution < 1.29 is 19.0 Å². The van der Waals surface area contributed by atoms with Crippen molar-refractivity contribution in [2.75, 3.05) is 5.32 Å². The van der Waals surface area contributed by atoms with Crippen molar-refractivity contribution in [1.29, 1.82) is 0 Å². The Balaban J connectivity index is 1.83. The number of nitrogens with zero attached hydrogens (tertiary/aromatic N) is 4. The molecule has 1 aromatic heterocycles. The summed E-state index contributed by atoms with van der Waals surface area (Å²) in [5.41, 5.74) is -1.02. The van der Waals surface area contributed by atoms with Gasteiger partial charge in [-0.25, -0.2) is 4.68 Å². The number of anilines is 1. The second-order valence-electron chi connectivity index (χ2n) is 5.99. The molecule has 0 aliphatic carbocycles. The molecule has 0 saturated carbocycles. The number of hydrogen-bond acceptors (Lipinski definition) is 7. The summed E-state index contributed by atoms with van der Waals surface area (Å²) in [5, 5.41) is 28.1. The van der Waals surface area contributed by atoms with Crippen LogP contribution in [0.25, 0.3) is 11.3 Å². The largest absolute Gasteiger partial charge is 0.324 e. The molecule has 152 valence electrons. The van der Waals surface area contributed by atoms with Gasteiger partial charge in [0.1, 0.15) is 6.54 Å². The highest BCUT2D eigenvalue weighted by atomic mass is 19.1. The molecule has 0 bridgehead atoms. The number of carbonyl (C=O) groups excluding carboxylic acids is 1. The van der Waals surface area contributed by atoms with Crippen molar-refractivity contribution in [1.82, 2.24) is 9.78 Å². The van der Waals surface area contributed by atoms with Crippen LogP contribution in [-0.4, -0.2) is 25.5 Å². The van der Waals surface area contributed by atoms with Crippen molar-refractivity contribution in [2.24, 2.45) is 0 Å². The Morgan fingerprint density at radius 3 is 2.53 bits per heavy atom. The van der Waals surface area contributed by atoms with E-state index in [9.17, 15) is 34.2 Å². The topological polar surface area (TPSA) is 150 Å². The number of non-ortho nitro benzene ring substituents is 1. The number of nitrogens with one attached hydrogen (secondary N) is 1. The van der Waals surface area contributed by atoms with Gasteiger partial charge >= 0.3 is 5.69 Å². The van der Waals surface area contributed by atoms with Crippen molar-refractivity contribution in [3.05, 3.63) is 91.0 Å². The Morgan fingerprint density at radius 1 is 1.07 bits per heavy atom. The minimum Gasteiger partial charge on any atom is -0.324 e. The zero-order chi connectivity index (χ0) is 21.8. The van der Waals surface area contributed by atoms with Crippen LogP contribution in [0.2, 0.25) is 0 Å². The average Bonchev–Trinajstić information content (AvgIpc) is 2.71. The van der Waals surface area contributed by atoms with Crippen molar-refractivity contribution in [3.8, 4) is 11.3 Å². The summed E-state index contributed by atoms with van der Waals surface area (Å²) in [6.07, 6.45) is 0. The Bertz CT molecular complexity index is 1230. The lowest BCUT2D eigenvalue weighted by molar-refractivity contribution is -0.387. The number of halogens is 1. The van der Waals surface area contributed by atoms with Crippen LogP contribution >= 0.6 is 0 Å². The fourth-order valence-corrected chi connectivity index (χ4v) is 2.56. The predicted molar refractivity (Wildman–Crippen MR) is 102 cm³/mol. The SMILES string of the molecule is O=C(Cn1nc(-c2cccc([N+](=O)[O-])c2)ccc1=O)Nc1ccc(F)c([N+](=O)[O-])c1. The Kier molecular flexibility index (Phi) is 5.58. The average molecular weight is 413 g/mol. The molecule has 1 N–H and O–H groups in total. The van der Waals surface area contributed by atoms with Crippen LogP contribution in [0.15, 0.2) is 59.4 Å². The maximum Gasteiger partial charge on any atom is 0.306 e. The Morgan fingerprint density at radius 2 is 1.83 bits per heavy atom. The van der Waals surface area contributed by atoms with E-state index in [-0.39, 0.29) is 17.1 Å². The number of carbonyl (C=O) groups is 1. The summed E-state index contributed by atoms with van der Waals surface area (Å²) in [4.78, 5) is 44.5. The molecular formula is C18H12FN5O6. The van der Waals surface area contributed by atoms with Gasteiger partial charge in [0.2, 0.25) is 11.7 Å². The van der Waals surface area contributed by atoms with Gasteiger partial charge in [-0.2, -0.15) is 9.49 Å². The number of nitro groups is 2. The molecule has 0 radical (unpaired) electrons. The van der Waals surface area contributed by atoms with Gasteiger partial charge in [-0.05, 0) is 18.2 Å². The van der Waals surface area contributed by atoms with Gasteiger partial charge in [0.05, 0.1) is 15.5 Å². The fraction of sp³-hybridized carbons (Fsp3) is 0.0556. The molecule has 11 nitrogen and oxygen atoms in total. The Labute approximate surface area is 166 Å². The van der Waals surface area contributed by atoms with Crippen molar-refractivity contribution in [2.45, 2.75) is 6.54 Å². The molecule has 0 unspecified atom stereocenters. The molecule has 0 aliphatic heterocycles. The van der Waals surface area contributed by atoms with Crippen molar-refractivity contribution >= 4 is 23.0 Å². The van der Waals surface area contributed by atoms with E-state index in [1.54, 1.807) is 6.07 Å². The van der Waals surface area contributed by atoms with Crippen LogP contribution in [0.5, 0.6) is 0 Å². The van der Waals surface area contributed by atoms with Gasteiger partial charge in [0.25, 0.3) is 11.2 Å². The fourth-order valence-electron chi connectivity index (χ4n) is 2.56. The van der Waals surface area contributed by atoms with Crippen LogP contribution < -0.4 is 10.9 Å². The standard InChI is InChI=1S/C18H12FN5O6/c19-14-5-4-12(9-16(14)24(29)30)20-17(25)10-22-18(26)7-6-15(21-22)11-2-1-3-13(8-11)23(27)28/h1-9H,10H2,(H,20,25). The normalized spacial score (nSPS) is 10.4. The summed E-state index contributed by atoms with van der Waals surface area (Å²) in [7, 11) is 0. The zero-order valence-electron chi connectivity index (χ0n) is 15.0. The third-order valence-electron chi connectivity index (χ3n) is 3.94. The maximum absolute atomic E-state index is 13.4. The lowest BCUT2D eigenvalue weighted by atomic mass is 10.1. The van der Waals surface area contributed by atoms with Gasteiger partial charge in [-0.15, -0.1) is 0 Å². The molecule has 3 aromatic rings. The van der Waals surface area contributed by atoms with Crippen LogP contribution in [-0.2, 0) is 11.3 Å². The molecule has 2 aromatic carbocycles. The predicted octanol–water partition coefficient (Wildman–Crippen LogP) is 2.50. The van der Waals surface area contributed by atoms with Crippen molar-refractivity contribution in [3.63, 3.8) is 0 Å². The van der Waals surface area contributed by atoms with E-state index in [0.29, 0.717) is 5.56 Å². The second kappa shape index (κ2) is 8.26. The number of aromatic nitrogens is 2. The van der Waals surface area contributed by atoms with E-state index >= 15 is 0 Å². The first-order valence-corrected chi connectivity index (χ1v) is 8.31. The minimum atomic E-state index is -1.06. The molecule has 0 saturated heterocycles. The van der Waals surface area contributed by atoms with E-state index in [4.69, 9.17) is 0 Å². The third-order valence-corrected chi connectivity index (χ3v) is 3.94. The maximum atomic E-state index is 13.4. The van der Waals surface area contributed by atoms with E-state index in [0.717, 1.165) is 28.9 Å². The molecule has 0 atom stereocenters. The quantitative estimate of drug-likeness (QED) is 0.482. The summed E-state index contributed by atoms with van der Waals surface area (Å²) >= 11 is 0. The van der Waals surface area contributed by atoms with Crippen LogP contribution in [0, 0.1) is 26.0 Å². The highest BCUT2D eigenvalue weighted by molar-refractivity contribution is 5.90. The van der Waals surface area contributed by atoms with E-state index in [2.05, 4.69) is 10.4 Å². The van der Waals surface area contributed by atoms with Crippen LogP contribution in [0.1, 0.15) is 0 Å². The molecule has 1 heterocycles.